The molecule has 2 fully saturated rings. The summed E-state index contributed by atoms with van der Waals surface area (Å²) in [6.45, 7) is 18.0. The lowest BCUT2D eigenvalue weighted by atomic mass is 9.83. The Morgan fingerprint density at radius 1 is 1.00 bits per heavy atom. The van der Waals surface area contributed by atoms with Crippen molar-refractivity contribution < 1.29 is 4.74 Å². The first-order valence-corrected chi connectivity index (χ1v) is 11.3. The zero-order chi connectivity index (χ0) is 19.4. The quantitative estimate of drug-likeness (QED) is 0.194. The lowest BCUT2D eigenvalue weighted by Gasteiger charge is -2.34. The molecule has 2 N–H and O–H groups in total. The van der Waals surface area contributed by atoms with Crippen molar-refractivity contribution in [3.8, 4) is 0 Å². The van der Waals surface area contributed by atoms with Crippen LogP contribution in [0.5, 0.6) is 0 Å². The molecule has 7 heteroatoms. The molecule has 2 rings (SSSR count). The molecule has 0 unspecified atom stereocenters. The van der Waals surface area contributed by atoms with Crippen LogP contribution in [0.4, 0.5) is 0 Å². The molecule has 1 aliphatic heterocycles. The molecular weight excluding hydrogens is 465 g/mol. The Hall–Kier alpha value is -0.120. The summed E-state index contributed by atoms with van der Waals surface area (Å²) in [4.78, 5) is 10.1. The molecule has 0 aromatic rings. The monoisotopic (exact) mass is 509 g/mol. The first-order chi connectivity index (χ1) is 13.2. The second kappa shape index (κ2) is 14.8. The fraction of sp³-hybridized carbons (Fsp3) is 0.952. The van der Waals surface area contributed by atoms with Crippen molar-refractivity contribution in [1.82, 2.24) is 20.4 Å². The molecule has 28 heavy (non-hydrogen) atoms. The third-order valence-corrected chi connectivity index (χ3v) is 6.19. The third kappa shape index (κ3) is 9.13. The Morgan fingerprint density at radius 3 is 2.29 bits per heavy atom. The molecule has 0 aromatic heterocycles. The van der Waals surface area contributed by atoms with E-state index in [1.807, 2.05) is 0 Å². The fourth-order valence-electron chi connectivity index (χ4n) is 4.30. The van der Waals surface area contributed by atoms with Gasteiger partial charge in [0.15, 0.2) is 5.96 Å². The summed E-state index contributed by atoms with van der Waals surface area (Å²) in [5.41, 5.74) is 0.355. The van der Waals surface area contributed by atoms with Crippen LogP contribution in [0.1, 0.15) is 52.9 Å². The third-order valence-electron chi connectivity index (χ3n) is 6.19. The number of rotatable bonds is 11. The van der Waals surface area contributed by atoms with Gasteiger partial charge in [0, 0.05) is 65.6 Å². The molecule has 0 amide bonds. The van der Waals surface area contributed by atoms with Crippen LogP contribution in [-0.4, -0.2) is 87.9 Å². The van der Waals surface area contributed by atoms with E-state index in [0.717, 1.165) is 51.8 Å². The van der Waals surface area contributed by atoms with Gasteiger partial charge >= 0.3 is 0 Å². The van der Waals surface area contributed by atoms with Crippen LogP contribution < -0.4 is 10.6 Å². The van der Waals surface area contributed by atoms with Gasteiger partial charge in [-0.05, 0) is 45.1 Å². The molecule has 0 bridgehead atoms. The van der Waals surface area contributed by atoms with Crippen molar-refractivity contribution in [3.05, 3.63) is 0 Å². The van der Waals surface area contributed by atoms with Crippen molar-refractivity contribution >= 4 is 29.9 Å². The van der Waals surface area contributed by atoms with Gasteiger partial charge in [-0.25, -0.2) is 0 Å². The average Bonchev–Trinajstić information content (AvgIpc) is 3.16. The highest BCUT2D eigenvalue weighted by Gasteiger charge is 2.33. The summed E-state index contributed by atoms with van der Waals surface area (Å²) in [6, 6.07) is 0. The SMILES string of the molecule is CCNC(=NCC1(CCOCC)CCCC1)NCCN1CCN(CC)CC1.I. The molecule has 0 aromatic carbocycles. The van der Waals surface area contributed by atoms with Gasteiger partial charge in [-0.2, -0.15) is 0 Å². The predicted molar refractivity (Wildman–Crippen MR) is 130 cm³/mol. The van der Waals surface area contributed by atoms with E-state index in [2.05, 4.69) is 41.2 Å². The van der Waals surface area contributed by atoms with Crippen molar-refractivity contribution in [3.63, 3.8) is 0 Å². The van der Waals surface area contributed by atoms with Gasteiger partial charge in [0.1, 0.15) is 0 Å². The summed E-state index contributed by atoms with van der Waals surface area (Å²) in [6.07, 6.45) is 6.42. The van der Waals surface area contributed by atoms with Gasteiger partial charge in [0.05, 0.1) is 0 Å². The zero-order valence-electron chi connectivity index (χ0n) is 18.5. The molecule has 2 aliphatic rings. The van der Waals surface area contributed by atoms with E-state index in [-0.39, 0.29) is 24.0 Å². The normalized spacial score (nSPS) is 20.8. The Labute approximate surface area is 190 Å². The molecule has 166 valence electrons. The highest BCUT2D eigenvalue weighted by Crippen LogP contribution is 2.41. The van der Waals surface area contributed by atoms with Crippen molar-refractivity contribution in [2.75, 3.05) is 72.1 Å². The van der Waals surface area contributed by atoms with Gasteiger partial charge < -0.3 is 20.3 Å². The number of piperazine rings is 1. The van der Waals surface area contributed by atoms with Crippen LogP contribution in [0.3, 0.4) is 0 Å². The van der Waals surface area contributed by atoms with E-state index in [1.165, 1.54) is 58.4 Å². The van der Waals surface area contributed by atoms with E-state index in [0.29, 0.717) is 5.41 Å². The summed E-state index contributed by atoms with van der Waals surface area (Å²) < 4.78 is 5.63. The molecule has 1 aliphatic carbocycles. The first-order valence-electron chi connectivity index (χ1n) is 11.3. The van der Waals surface area contributed by atoms with Gasteiger partial charge in [0.2, 0.25) is 0 Å². The Morgan fingerprint density at radius 2 is 1.68 bits per heavy atom. The minimum absolute atomic E-state index is 0. The zero-order valence-corrected chi connectivity index (χ0v) is 20.8. The highest BCUT2D eigenvalue weighted by atomic mass is 127. The van der Waals surface area contributed by atoms with Crippen LogP contribution in [0.25, 0.3) is 0 Å². The smallest absolute Gasteiger partial charge is 0.191 e. The second-order valence-electron chi connectivity index (χ2n) is 8.05. The number of hydrogen-bond acceptors (Lipinski definition) is 4. The number of nitrogens with zero attached hydrogens (tertiary/aromatic N) is 3. The van der Waals surface area contributed by atoms with Gasteiger partial charge in [0.25, 0.3) is 0 Å². The number of hydrogen-bond donors (Lipinski definition) is 2. The van der Waals surface area contributed by atoms with Crippen LogP contribution in [0, 0.1) is 5.41 Å². The standard InChI is InChI=1S/C21H43N5O.HI/c1-4-22-20(23-12-13-26-16-14-25(5-2)15-17-26)24-19-21(9-7-8-10-21)11-18-27-6-3;/h4-19H2,1-3H3,(H2,22,23,24);1H. The summed E-state index contributed by atoms with van der Waals surface area (Å²) >= 11 is 0. The summed E-state index contributed by atoms with van der Waals surface area (Å²) in [5, 5.41) is 6.98. The molecule has 0 spiro atoms. The van der Waals surface area contributed by atoms with Gasteiger partial charge in [-0.3, -0.25) is 9.89 Å². The molecule has 1 saturated carbocycles. The Bertz CT molecular complexity index is 421. The largest absolute Gasteiger partial charge is 0.382 e. The number of halogens is 1. The van der Waals surface area contributed by atoms with E-state index in [1.54, 1.807) is 0 Å². The number of nitrogens with one attached hydrogen (secondary N) is 2. The summed E-state index contributed by atoms with van der Waals surface area (Å²) in [7, 11) is 0. The number of guanidine groups is 1. The number of likely N-dealkylation sites (N-methyl/N-ethyl adjacent to an activating group) is 1. The fourth-order valence-corrected chi connectivity index (χ4v) is 4.30. The van der Waals surface area contributed by atoms with Crippen LogP contribution in [0.15, 0.2) is 4.99 Å². The van der Waals surface area contributed by atoms with E-state index in [9.17, 15) is 0 Å². The predicted octanol–water partition coefficient (Wildman–Crippen LogP) is 2.78. The topological polar surface area (TPSA) is 52.1 Å². The van der Waals surface area contributed by atoms with Crippen molar-refractivity contribution in [2.45, 2.75) is 52.9 Å². The highest BCUT2D eigenvalue weighted by molar-refractivity contribution is 14.0. The molecule has 1 saturated heterocycles. The number of aliphatic imine (C=N–C) groups is 1. The Kier molecular flexibility index (Phi) is 13.7. The van der Waals surface area contributed by atoms with Gasteiger partial charge in [-0.15, -0.1) is 24.0 Å². The maximum Gasteiger partial charge on any atom is 0.191 e. The maximum absolute atomic E-state index is 5.63. The van der Waals surface area contributed by atoms with Crippen LogP contribution in [0.2, 0.25) is 0 Å². The minimum atomic E-state index is 0. The molecule has 0 atom stereocenters. The minimum Gasteiger partial charge on any atom is -0.382 e. The Balaban J connectivity index is 0.00000392. The van der Waals surface area contributed by atoms with E-state index in [4.69, 9.17) is 9.73 Å². The summed E-state index contributed by atoms with van der Waals surface area (Å²) in [5.74, 6) is 0.979. The average molecular weight is 510 g/mol. The lowest BCUT2D eigenvalue weighted by molar-refractivity contribution is 0.107. The maximum atomic E-state index is 5.63. The number of ether oxygens (including phenoxy) is 1. The lowest BCUT2D eigenvalue weighted by Crippen LogP contribution is -2.49. The van der Waals surface area contributed by atoms with Crippen molar-refractivity contribution in [2.24, 2.45) is 10.4 Å². The molecule has 0 radical (unpaired) electrons. The van der Waals surface area contributed by atoms with Crippen LogP contribution in [-0.2, 0) is 4.74 Å². The first kappa shape index (κ1) is 25.9. The van der Waals surface area contributed by atoms with E-state index >= 15 is 0 Å². The van der Waals surface area contributed by atoms with Gasteiger partial charge in [-0.1, -0.05) is 19.8 Å². The molecule has 1 heterocycles. The second-order valence-corrected chi connectivity index (χ2v) is 8.05. The molecule has 6 nitrogen and oxygen atoms in total. The molecular formula is C21H44IN5O. The van der Waals surface area contributed by atoms with E-state index < -0.39 is 0 Å². The van der Waals surface area contributed by atoms with Crippen molar-refractivity contribution in [1.29, 1.82) is 0 Å². The van der Waals surface area contributed by atoms with Crippen LogP contribution >= 0.6 is 24.0 Å².